The van der Waals surface area contributed by atoms with Gasteiger partial charge >= 0.3 is 0 Å². The lowest BCUT2D eigenvalue weighted by Crippen LogP contribution is -2.38. The molecule has 0 unspecified atom stereocenters. The SMILES string of the molecule is COc1ccc(N(CC(=O)Nc2ccc(C)cc2C)S(=O)(=O)c2ccc(C)cc2)cc1. The molecule has 3 aromatic rings. The van der Waals surface area contributed by atoms with E-state index in [1.54, 1.807) is 48.5 Å². The number of ether oxygens (including phenoxy) is 1. The van der Waals surface area contributed by atoms with Gasteiger partial charge in [-0.15, -0.1) is 0 Å². The molecule has 162 valence electrons. The monoisotopic (exact) mass is 438 g/mol. The van der Waals surface area contributed by atoms with Gasteiger partial charge in [0.1, 0.15) is 12.3 Å². The van der Waals surface area contributed by atoms with Gasteiger partial charge in [-0.2, -0.15) is 0 Å². The average molecular weight is 439 g/mol. The third-order valence-electron chi connectivity index (χ3n) is 4.91. The molecule has 1 amide bonds. The maximum absolute atomic E-state index is 13.4. The van der Waals surface area contributed by atoms with Crippen LogP contribution in [0.4, 0.5) is 11.4 Å². The smallest absolute Gasteiger partial charge is 0.264 e. The van der Waals surface area contributed by atoms with Crippen LogP contribution in [-0.2, 0) is 14.8 Å². The number of carbonyl (C=O) groups is 1. The Morgan fingerprint density at radius 1 is 0.903 bits per heavy atom. The molecule has 0 bridgehead atoms. The van der Waals surface area contributed by atoms with Crippen LogP contribution in [0, 0.1) is 20.8 Å². The van der Waals surface area contributed by atoms with Gasteiger partial charge in [0, 0.05) is 5.69 Å². The van der Waals surface area contributed by atoms with Crippen LogP contribution in [0.15, 0.2) is 71.6 Å². The number of nitrogens with zero attached hydrogens (tertiary/aromatic N) is 1. The summed E-state index contributed by atoms with van der Waals surface area (Å²) in [4.78, 5) is 13.0. The van der Waals surface area contributed by atoms with Crippen molar-refractivity contribution in [3.63, 3.8) is 0 Å². The lowest BCUT2D eigenvalue weighted by Gasteiger charge is -2.24. The molecule has 1 N–H and O–H groups in total. The molecule has 0 aromatic heterocycles. The molecule has 0 fully saturated rings. The van der Waals surface area contributed by atoms with Crippen LogP contribution in [-0.4, -0.2) is 28.0 Å². The van der Waals surface area contributed by atoms with Crippen molar-refractivity contribution in [2.75, 3.05) is 23.3 Å². The van der Waals surface area contributed by atoms with Crippen molar-refractivity contribution in [3.05, 3.63) is 83.4 Å². The minimum atomic E-state index is -3.96. The number of sulfonamides is 1. The largest absolute Gasteiger partial charge is 0.497 e. The number of nitrogens with one attached hydrogen (secondary N) is 1. The molecule has 0 saturated heterocycles. The molecule has 3 rings (SSSR count). The minimum absolute atomic E-state index is 0.119. The van der Waals surface area contributed by atoms with Crippen molar-refractivity contribution in [2.24, 2.45) is 0 Å². The average Bonchev–Trinajstić information content (AvgIpc) is 2.74. The highest BCUT2D eigenvalue weighted by atomic mass is 32.2. The van der Waals surface area contributed by atoms with Crippen LogP contribution < -0.4 is 14.4 Å². The zero-order valence-electron chi connectivity index (χ0n) is 18.0. The summed E-state index contributed by atoms with van der Waals surface area (Å²) >= 11 is 0. The Labute approximate surface area is 183 Å². The molecule has 0 spiro atoms. The quantitative estimate of drug-likeness (QED) is 0.591. The Bertz CT molecular complexity index is 1170. The number of hydrogen-bond acceptors (Lipinski definition) is 4. The number of anilines is 2. The summed E-state index contributed by atoms with van der Waals surface area (Å²) in [6, 6.07) is 18.8. The van der Waals surface area contributed by atoms with E-state index in [4.69, 9.17) is 4.74 Å². The standard InChI is InChI=1S/C24H26N2O4S/c1-17-5-12-22(13-6-17)31(28,29)26(20-8-10-21(30-4)11-9-20)16-24(27)25-23-14-7-18(2)15-19(23)3/h5-15H,16H2,1-4H3,(H,25,27). The van der Waals surface area contributed by atoms with E-state index in [9.17, 15) is 13.2 Å². The van der Waals surface area contributed by atoms with Crippen molar-refractivity contribution in [1.82, 2.24) is 0 Å². The number of rotatable bonds is 7. The zero-order valence-corrected chi connectivity index (χ0v) is 18.9. The molecule has 0 aliphatic carbocycles. The Morgan fingerprint density at radius 2 is 1.52 bits per heavy atom. The normalized spacial score (nSPS) is 11.1. The van der Waals surface area contributed by atoms with E-state index < -0.39 is 15.9 Å². The van der Waals surface area contributed by atoms with Gasteiger partial charge < -0.3 is 10.1 Å². The van der Waals surface area contributed by atoms with Gasteiger partial charge in [0.15, 0.2) is 0 Å². The number of hydrogen-bond donors (Lipinski definition) is 1. The first-order valence-corrected chi connectivity index (χ1v) is 11.3. The van der Waals surface area contributed by atoms with Gasteiger partial charge in [0.2, 0.25) is 5.91 Å². The second-order valence-electron chi connectivity index (χ2n) is 7.39. The molecule has 7 heteroatoms. The molecular formula is C24H26N2O4S. The minimum Gasteiger partial charge on any atom is -0.497 e. The highest BCUT2D eigenvalue weighted by Crippen LogP contribution is 2.26. The van der Waals surface area contributed by atoms with Gasteiger partial charge in [-0.25, -0.2) is 8.42 Å². The second-order valence-corrected chi connectivity index (χ2v) is 9.25. The number of benzene rings is 3. The maximum atomic E-state index is 13.4. The third-order valence-corrected chi connectivity index (χ3v) is 6.70. The van der Waals surface area contributed by atoms with Crippen molar-refractivity contribution < 1.29 is 17.9 Å². The molecule has 3 aromatic carbocycles. The lowest BCUT2D eigenvalue weighted by molar-refractivity contribution is -0.114. The summed E-state index contributed by atoms with van der Waals surface area (Å²) in [5.74, 6) is 0.162. The molecule has 0 atom stereocenters. The summed E-state index contributed by atoms with van der Waals surface area (Å²) in [5, 5.41) is 2.82. The van der Waals surface area contributed by atoms with Crippen LogP contribution in [0.3, 0.4) is 0 Å². The Hall–Kier alpha value is -3.32. The lowest BCUT2D eigenvalue weighted by atomic mass is 10.1. The third kappa shape index (κ3) is 5.24. The predicted molar refractivity (Wildman–Crippen MR) is 123 cm³/mol. The number of carbonyl (C=O) groups excluding carboxylic acids is 1. The number of aryl methyl sites for hydroxylation is 3. The van der Waals surface area contributed by atoms with Gasteiger partial charge in [-0.3, -0.25) is 9.10 Å². The second kappa shape index (κ2) is 9.22. The fraction of sp³-hybridized carbons (Fsp3) is 0.208. The highest BCUT2D eigenvalue weighted by molar-refractivity contribution is 7.92. The van der Waals surface area contributed by atoms with E-state index in [2.05, 4.69) is 5.32 Å². The molecule has 0 radical (unpaired) electrons. The van der Waals surface area contributed by atoms with Crippen LogP contribution in [0.1, 0.15) is 16.7 Å². The van der Waals surface area contributed by atoms with E-state index in [1.165, 1.54) is 7.11 Å². The number of amides is 1. The topological polar surface area (TPSA) is 75.7 Å². The Balaban J connectivity index is 1.94. The molecule has 0 aliphatic rings. The van der Waals surface area contributed by atoms with Crippen LogP contribution in [0.5, 0.6) is 5.75 Å². The van der Waals surface area contributed by atoms with Crippen molar-refractivity contribution in [2.45, 2.75) is 25.7 Å². The first-order valence-electron chi connectivity index (χ1n) is 9.81. The van der Waals surface area contributed by atoms with E-state index >= 15 is 0 Å². The molecular weight excluding hydrogens is 412 g/mol. The first kappa shape index (κ1) is 22.4. The van der Waals surface area contributed by atoms with E-state index in [-0.39, 0.29) is 11.4 Å². The van der Waals surface area contributed by atoms with Crippen LogP contribution in [0.2, 0.25) is 0 Å². The number of methoxy groups -OCH3 is 1. The van der Waals surface area contributed by atoms with Gasteiger partial charge in [0.05, 0.1) is 17.7 Å². The molecule has 31 heavy (non-hydrogen) atoms. The van der Waals surface area contributed by atoms with Crippen molar-refractivity contribution in [1.29, 1.82) is 0 Å². The molecule has 0 saturated carbocycles. The summed E-state index contributed by atoms with van der Waals surface area (Å²) in [6.45, 7) is 5.38. The molecule has 0 aliphatic heterocycles. The molecule has 6 nitrogen and oxygen atoms in total. The summed E-state index contributed by atoms with van der Waals surface area (Å²) in [6.07, 6.45) is 0. The van der Waals surface area contributed by atoms with Crippen LogP contribution >= 0.6 is 0 Å². The Kier molecular flexibility index (Phi) is 6.65. The fourth-order valence-corrected chi connectivity index (χ4v) is 4.60. The van der Waals surface area contributed by atoms with Crippen molar-refractivity contribution >= 4 is 27.3 Å². The summed E-state index contributed by atoms with van der Waals surface area (Å²) in [5.41, 5.74) is 3.96. The van der Waals surface area contributed by atoms with Gasteiger partial charge in [-0.05, 0) is 68.8 Å². The first-order chi connectivity index (χ1) is 14.7. The summed E-state index contributed by atoms with van der Waals surface area (Å²) < 4.78 is 33.1. The van der Waals surface area contributed by atoms with Gasteiger partial charge in [0.25, 0.3) is 10.0 Å². The maximum Gasteiger partial charge on any atom is 0.264 e. The van der Waals surface area contributed by atoms with E-state index in [0.29, 0.717) is 17.1 Å². The van der Waals surface area contributed by atoms with Crippen LogP contribution in [0.25, 0.3) is 0 Å². The van der Waals surface area contributed by atoms with E-state index in [0.717, 1.165) is 21.0 Å². The van der Waals surface area contributed by atoms with Crippen molar-refractivity contribution in [3.8, 4) is 5.75 Å². The summed E-state index contributed by atoms with van der Waals surface area (Å²) in [7, 11) is -2.43. The highest BCUT2D eigenvalue weighted by Gasteiger charge is 2.27. The van der Waals surface area contributed by atoms with E-state index in [1.807, 2.05) is 39.0 Å². The molecule has 0 heterocycles. The fourth-order valence-electron chi connectivity index (χ4n) is 3.18. The van der Waals surface area contributed by atoms with Gasteiger partial charge in [-0.1, -0.05) is 35.4 Å². The predicted octanol–water partition coefficient (Wildman–Crippen LogP) is 4.45. The zero-order chi connectivity index (χ0) is 22.6. The Morgan fingerprint density at radius 3 is 2.10 bits per heavy atom.